The lowest BCUT2D eigenvalue weighted by Gasteiger charge is -2.09. The van der Waals surface area contributed by atoms with Crippen LogP contribution in [0.15, 0.2) is 4.42 Å². The van der Waals surface area contributed by atoms with Gasteiger partial charge in [-0.3, -0.25) is 14.9 Å². The number of hydrogen-bond acceptors (Lipinski definition) is 7. The first-order valence-corrected chi connectivity index (χ1v) is 7.39. The summed E-state index contributed by atoms with van der Waals surface area (Å²) in [7, 11) is 0. The number of carbonyl (C=O) groups is 3. The maximum absolute atomic E-state index is 11.6. The zero-order valence-corrected chi connectivity index (χ0v) is 11.8. The first-order valence-electron chi connectivity index (χ1n) is 6.23. The molecule has 0 spiro atoms. The Labute approximate surface area is 123 Å². The topological polar surface area (TPSA) is 134 Å². The number of hydrogen-bond donors (Lipinski definition) is 3. The normalized spacial score (nSPS) is 15.2. The van der Waals surface area contributed by atoms with Gasteiger partial charge in [0.15, 0.2) is 0 Å². The fraction of sp³-hybridized carbons (Fsp3) is 0.545. The minimum atomic E-state index is -1.15. The Morgan fingerprint density at radius 2 is 2.24 bits per heavy atom. The monoisotopic (exact) mass is 314 g/mol. The predicted octanol–water partition coefficient (Wildman–Crippen LogP) is -0.182. The Kier molecular flexibility index (Phi) is 5.14. The van der Waals surface area contributed by atoms with E-state index < -0.39 is 12.0 Å². The van der Waals surface area contributed by atoms with Gasteiger partial charge >= 0.3 is 12.0 Å². The summed E-state index contributed by atoms with van der Waals surface area (Å²) >= 11 is 1.08. The third-order valence-electron chi connectivity index (χ3n) is 2.70. The van der Waals surface area contributed by atoms with E-state index in [-0.39, 0.29) is 23.4 Å². The standard InChI is InChI=1S/C11H14N4O5S/c16-5-12-7(10(18)19)3-21-4-8(17)13-11-15-14-9(20-11)6-1-2-6/h5-7H,1-4H2,(H,12,16)(H,18,19)(H,13,15,17). The molecule has 1 fully saturated rings. The van der Waals surface area contributed by atoms with E-state index in [1.165, 1.54) is 0 Å². The molecule has 1 unspecified atom stereocenters. The molecule has 1 aromatic rings. The number of carboxylic acid groups (broad SMARTS) is 1. The number of carbonyl (C=O) groups excluding carboxylic acids is 2. The summed E-state index contributed by atoms with van der Waals surface area (Å²) in [5.41, 5.74) is 0. The molecule has 21 heavy (non-hydrogen) atoms. The van der Waals surface area contributed by atoms with Crippen molar-refractivity contribution in [2.45, 2.75) is 24.8 Å². The molecule has 1 aliphatic carbocycles. The van der Waals surface area contributed by atoms with Gasteiger partial charge in [0, 0.05) is 11.7 Å². The molecule has 1 aliphatic rings. The molecule has 2 amide bonds. The quantitative estimate of drug-likeness (QED) is 0.534. The summed E-state index contributed by atoms with van der Waals surface area (Å²) in [6, 6.07) is -0.978. The van der Waals surface area contributed by atoms with Crippen LogP contribution in [0.4, 0.5) is 6.01 Å². The number of carboxylic acids is 1. The lowest BCUT2D eigenvalue weighted by atomic mass is 10.3. The van der Waals surface area contributed by atoms with Crippen LogP contribution in [0, 0.1) is 0 Å². The first-order chi connectivity index (χ1) is 10.1. The minimum Gasteiger partial charge on any atom is -0.480 e. The highest BCUT2D eigenvalue weighted by Gasteiger charge is 2.29. The Morgan fingerprint density at radius 1 is 1.48 bits per heavy atom. The van der Waals surface area contributed by atoms with Crippen LogP contribution >= 0.6 is 11.8 Å². The average molecular weight is 314 g/mol. The van der Waals surface area contributed by atoms with Crippen molar-refractivity contribution < 1.29 is 23.9 Å². The third-order valence-corrected chi connectivity index (χ3v) is 3.73. The maximum atomic E-state index is 11.6. The summed E-state index contributed by atoms with van der Waals surface area (Å²) in [6.07, 6.45) is 2.36. The van der Waals surface area contributed by atoms with Gasteiger partial charge in [0.05, 0.1) is 5.75 Å². The van der Waals surface area contributed by atoms with Gasteiger partial charge in [0.25, 0.3) is 0 Å². The molecule has 2 rings (SSSR count). The van der Waals surface area contributed by atoms with Gasteiger partial charge in [-0.15, -0.1) is 16.9 Å². The summed E-state index contributed by atoms with van der Waals surface area (Å²) in [6.45, 7) is 0. The van der Waals surface area contributed by atoms with Gasteiger partial charge in [-0.05, 0) is 12.8 Å². The molecule has 1 aromatic heterocycles. The van der Waals surface area contributed by atoms with Gasteiger partial charge in [-0.1, -0.05) is 5.10 Å². The van der Waals surface area contributed by atoms with Gasteiger partial charge in [0.1, 0.15) is 6.04 Å². The van der Waals surface area contributed by atoms with Crippen molar-refractivity contribution in [3.8, 4) is 0 Å². The maximum Gasteiger partial charge on any atom is 0.327 e. The van der Waals surface area contributed by atoms with E-state index in [0.29, 0.717) is 18.2 Å². The molecule has 0 saturated heterocycles. The molecule has 10 heteroatoms. The van der Waals surface area contributed by atoms with E-state index in [1.807, 2.05) is 0 Å². The molecule has 0 bridgehead atoms. The second-order valence-corrected chi connectivity index (χ2v) is 5.49. The Morgan fingerprint density at radius 3 is 2.86 bits per heavy atom. The van der Waals surface area contributed by atoms with Gasteiger partial charge in [0.2, 0.25) is 18.2 Å². The fourth-order valence-electron chi connectivity index (χ4n) is 1.48. The van der Waals surface area contributed by atoms with E-state index in [2.05, 4.69) is 20.8 Å². The molecular weight excluding hydrogens is 300 g/mol. The van der Waals surface area contributed by atoms with Gasteiger partial charge in [-0.2, -0.15) is 0 Å². The average Bonchev–Trinajstić information content (AvgIpc) is 3.18. The molecule has 0 radical (unpaired) electrons. The first kappa shape index (κ1) is 15.3. The van der Waals surface area contributed by atoms with Crippen molar-refractivity contribution in [2.24, 2.45) is 0 Å². The van der Waals surface area contributed by atoms with Crippen LogP contribution in [-0.2, 0) is 14.4 Å². The number of aliphatic carboxylic acids is 1. The molecule has 0 aromatic carbocycles. The second kappa shape index (κ2) is 7.07. The number of amides is 2. The third kappa shape index (κ3) is 4.74. The summed E-state index contributed by atoms with van der Waals surface area (Å²) < 4.78 is 5.27. The van der Waals surface area contributed by atoms with Crippen LogP contribution in [0.3, 0.4) is 0 Å². The number of anilines is 1. The zero-order valence-electron chi connectivity index (χ0n) is 10.9. The summed E-state index contributed by atoms with van der Waals surface area (Å²) in [5.74, 6) is -0.589. The number of aromatic nitrogens is 2. The number of rotatable bonds is 9. The van der Waals surface area contributed by atoms with Crippen molar-refractivity contribution in [1.29, 1.82) is 0 Å². The highest BCUT2D eigenvalue weighted by atomic mass is 32.2. The highest BCUT2D eigenvalue weighted by Crippen LogP contribution is 2.39. The van der Waals surface area contributed by atoms with Gasteiger partial charge in [-0.25, -0.2) is 4.79 Å². The van der Waals surface area contributed by atoms with Crippen LogP contribution in [-0.4, -0.2) is 51.1 Å². The molecule has 114 valence electrons. The Bertz CT molecular complexity index is 530. The van der Waals surface area contributed by atoms with Crippen LogP contribution in [0.2, 0.25) is 0 Å². The van der Waals surface area contributed by atoms with Crippen LogP contribution in [0.5, 0.6) is 0 Å². The lowest BCUT2D eigenvalue weighted by Crippen LogP contribution is -2.38. The number of nitrogens with one attached hydrogen (secondary N) is 2. The van der Waals surface area contributed by atoms with E-state index >= 15 is 0 Å². The SMILES string of the molecule is O=CNC(CSCC(=O)Nc1nnc(C2CC2)o1)C(=O)O. The Hall–Kier alpha value is -2.10. The lowest BCUT2D eigenvalue weighted by molar-refractivity contribution is -0.139. The molecule has 3 N–H and O–H groups in total. The fourth-order valence-corrected chi connectivity index (χ4v) is 2.33. The van der Waals surface area contributed by atoms with Crippen LogP contribution in [0.1, 0.15) is 24.7 Å². The van der Waals surface area contributed by atoms with E-state index in [4.69, 9.17) is 9.52 Å². The Balaban J connectivity index is 1.71. The van der Waals surface area contributed by atoms with E-state index in [1.54, 1.807) is 0 Å². The predicted molar refractivity (Wildman–Crippen MR) is 72.9 cm³/mol. The summed E-state index contributed by atoms with van der Waals surface area (Å²) in [4.78, 5) is 32.6. The van der Waals surface area contributed by atoms with Crippen molar-refractivity contribution in [1.82, 2.24) is 15.5 Å². The largest absolute Gasteiger partial charge is 0.480 e. The molecule has 1 heterocycles. The molecule has 1 saturated carbocycles. The highest BCUT2D eigenvalue weighted by molar-refractivity contribution is 8.00. The minimum absolute atomic E-state index is 0.0193. The van der Waals surface area contributed by atoms with Crippen molar-refractivity contribution in [3.05, 3.63) is 5.89 Å². The van der Waals surface area contributed by atoms with Crippen molar-refractivity contribution in [3.63, 3.8) is 0 Å². The molecule has 0 aliphatic heterocycles. The second-order valence-electron chi connectivity index (χ2n) is 4.46. The van der Waals surface area contributed by atoms with E-state index in [0.717, 1.165) is 24.6 Å². The molecule has 1 atom stereocenters. The van der Waals surface area contributed by atoms with Crippen LogP contribution < -0.4 is 10.6 Å². The zero-order chi connectivity index (χ0) is 15.2. The summed E-state index contributed by atoms with van der Waals surface area (Å²) in [5, 5.41) is 20.9. The number of thioether (sulfide) groups is 1. The van der Waals surface area contributed by atoms with E-state index in [9.17, 15) is 14.4 Å². The van der Waals surface area contributed by atoms with Gasteiger partial charge < -0.3 is 14.8 Å². The van der Waals surface area contributed by atoms with Crippen LogP contribution in [0.25, 0.3) is 0 Å². The smallest absolute Gasteiger partial charge is 0.327 e. The van der Waals surface area contributed by atoms with Crippen molar-refractivity contribution in [2.75, 3.05) is 16.8 Å². The molecular formula is C11H14N4O5S. The molecule has 9 nitrogen and oxygen atoms in total. The number of nitrogens with zero attached hydrogens (tertiary/aromatic N) is 2. The van der Waals surface area contributed by atoms with Crippen molar-refractivity contribution >= 4 is 36.1 Å².